The molecule has 0 unspecified atom stereocenters. The molecule has 0 heterocycles. The molecule has 0 saturated heterocycles. The fourth-order valence-corrected chi connectivity index (χ4v) is 3.33. The lowest BCUT2D eigenvalue weighted by atomic mass is 10.1. The first-order chi connectivity index (χ1) is 7.26. The van der Waals surface area contributed by atoms with Crippen molar-refractivity contribution >= 4 is 10.0 Å². The van der Waals surface area contributed by atoms with Crippen LogP contribution in [0.1, 0.15) is 47.5 Å². The Hall–Kier alpha value is -0.0900. The Balaban J connectivity index is 2.85. The first-order valence-electron chi connectivity index (χ1n) is 6.27. The molecule has 1 saturated carbocycles. The molecule has 1 rings (SSSR count). The molecule has 0 N–H and O–H groups in total. The third kappa shape index (κ3) is 3.20. The Morgan fingerprint density at radius 2 is 1.62 bits per heavy atom. The first kappa shape index (κ1) is 14.0. The predicted molar refractivity (Wildman–Crippen MR) is 67.8 cm³/mol. The van der Waals surface area contributed by atoms with Crippen LogP contribution in [0.15, 0.2) is 0 Å². The van der Waals surface area contributed by atoms with Crippen LogP contribution in [0.5, 0.6) is 0 Å². The summed E-state index contributed by atoms with van der Waals surface area (Å²) >= 11 is 0. The molecule has 0 aliphatic heterocycles. The topological polar surface area (TPSA) is 37.4 Å². The lowest BCUT2D eigenvalue weighted by Gasteiger charge is -2.32. The van der Waals surface area contributed by atoms with Crippen LogP contribution in [0, 0.1) is 11.8 Å². The lowest BCUT2D eigenvalue weighted by molar-refractivity contribution is 0.266. The van der Waals surface area contributed by atoms with Crippen LogP contribution in [0.3, 0.4) is 0 Å². The maximum Gasteiger partial charge on any atom is 0.216 e. The van der Waals surface area contributed by atoms with Crippen LogP contribution >= 0.6 is 0 Å². The van der Waals surface area contributed by atoms with E-state index in [1.54, 1.807) is 18.2 Å². The zero-order valence-corrected chi connectivity index (χ0v) is 11.9. The van der Waals surface area contributed by atoms with E-state index in [2.05, 4.69) is 13.8 Å². The van der Waals surface area contributed by atoms with Crippen LogP contribution in [-0.2, 0) is 10.0 Å². The highest BCUT2D eigenvalue weighted by molar-refractivity contribution is 7.89. The van der Waals surface area contributed by atoms with Gasteiger partial charge in [0.05, 0.1) is 5.25 Å². The molecule has 0 aromatic heterocycles. The van der Waals surface area contributed by atoms with Crippen molar-refractivity contribution in [2.75, 3.05) is 6.54 Å². The van der Waals surface area contributed by atoms with E-state index >= 15 is 0 Å². The summed E-state index contributed by atoms with van der Waals surface area (Å²) in [6, 6.07) is 0.105. The van der Waals surface area contributed by atoms with E-state index in [9.17, 15) is 8.42 Å². The minimum Gasteiger partial charge on any atom is -0.212 e. The standard InChI is InChI=1S/C12H25NO2S/c1-9(2)11(5)13(8-12-6-7-12)16(14,15)10(3)4/h9-12H,6-8H2,1-5H3/t11-/m0/s1. The zero-order chi connectivity index (χ0) is 12.5. The lowest BCUT2D eigenvalue weighted by Crippen LogP contribution is -2.45. The normalized spacial score (nSPS) is 19.8. The number of hydrogen-bond acceptors (Lipinski definition) is 2. The van der Waals surface area contributed by atoms with Gasteiger partial charge in [-0.1, -0.05) is 13.8 Å². The van der Waals surface area contributed by atoms with Crippen molar-refractivity contribution in [1.29, 1.82) is 0 Å². The van der Waals surface area contributed by atoms with Gasteiger partial charge in [0.2, 0.25) is 10.0 Å². The van der Waals surface area contributed by atoms with Crippen molar-refractivity contribution in [3.05, 3.63) is 0 Å². The van der Waals surface area contributed by atoms with Gasteiger partial charge in [-0.15, -0.1) is 0 Å². The monoisotopic (exact) mass is 247 g/mol. The Kier molecular flexibility index (Phi) is 4.41. The van der Waals surface area contributed by atoms with Crippen molar-refractivity contribution < 1.29 is 8.42 Å². The summed E-state index contributed by atoms with van der Waals surface area (Å²) in [4.78, 5) is 0. The summed E-state index contributed by atoms with van der Waals surface area (Å²) in [5, 5.41) is -0.313. The fourth-order valence-electron chi connectivity index (χ4n) is 1.66. The van der Waals surface area contributed by atoms with Gasteiger partial charge in [0.1, 0.15) is 0 Å². The molecule has 0 spiro atoms. The summed E-state index contributed by atoms with van der Waals surface area (Å²) in [6.45, 7) is 10.4. The first-order valence-corrected chi connectivity index (χ1v) is 7.77. The van der Waals surface area contributed by atoms with Gasteiger partial charge < -0.3 is 0 Å². The maximum absolute atomic E-state index is 12.3. The molecule has 1 aliphatic rings. The molecule has 1 aliphatic carbocycles. The largest absolute Gasteiger partial charge is 0.216 e. The average molecular weight is 247 g/mol. The fraction of sp³-hybridized carbons (Fsp3) is 1.00. The van der Waals surface area contributed by atoms with E-state index in [0.717, 1.165) is 6.54 Å². The number of sulfonamides is 1. The molecule has 0 aromatic carbocycles. The second-order valence-electron chi connectivity index (χ2n) is 5.59. The van der Waals surface area contributed by atoms with Gasteiger partial charge >= 0.3 is 0 Å². The van der Waals surface area contributed by atoms with Crippen molar-refractivity contribution in [3.63, 3.8) is 0 Å². The molecule has 1 atom stereocenters. The Morgan fingerprint density at radius 3 is 1.94 bits per heavy atom. The third-order valence-electron chi connectivity index (χ3n) is 3.48. The molecule has 3 nitrogen and oxygen atoms in total. The summed E-state index contributed by atoms with van der Waals surface area (Å²) in [7, 11) is -3.10. The van der Waals surface area contributed by atoms with Crippen molar-refractivity contribution in [2.24, 2.45) is 11.8 Å². The highest BCUT2D eigenvalue weighted by Crippen LogP contribution is 2.32. The van der Waals surface area contributed by atoms with E-state index in [-0.39, 0.29) is 11.3 Å². The molecule has 4 heteroatoms. The van der Waals surface area contributed by atoms with E-state index in [4.69, 9.17) is 0 Å². The zero-order valence-electron chi connectivity index (χ0n) is 11.1. The summed E-state index contributed by atoms with van der Waals surface area (Å²) in [6.07, 6.45) is 2.38. The Bertz CT molecular complexity index is 318. The highest BCUT2D eigenvalue weighted by Gasteiger charge is 2.36. The Morgan fingerprint density at radius 1 is 1.12 bits per heavy atom. The smallest absolute Gasteiger partial charge is 0.212 e. The van der Waals surface area contributed by atoms with Crippen LogP contribution in [-0.4, -0.2) is 30.6 Å². The predicted octanol–water partition coefficient (Wildman–Crippen LogP) is 2.48. The van der Waals surface area contributed by atoms with Gasteiger partial charge in [-0.05, 0) is 45.4 Å². The average Bonchev–Trinajstić information content (AvgIpc) is 2.95. The SMILES string of the molecule is CC(C)[C@H](C)N(CC1CC1)S(=O)(=O)C(C)C. The minimum atomic E-state index is -3.10. The third-order valence-corrected chi connectivity index (χ3v) is 5.80. The number of nitrogens with zero attached hydrogens (tertiary/aromatic N) is 1. The molecule has 0 bridgehead atoms. The van der Waals surface area contributed by atoms with Crippen LogP contribution in [0.2, 0.25) is 0 Å². The van der Waals surface area contributed by atoms with E-state index in [1.165, 1.54) is 12.8 Å². The van der Waals surface area contributed by atoms with Crippen LogP contribution in [0.4, 0.5) is 0 Å². The van der Waals surface area contributed by atoms with Crippen molar-refractivity contribution in [2.45, 2.75) is 58.8 Å². The van der Waals surface area contributed by atoms with Gasteiger partial charge in [-0.2, -0.15) is 4.31 Å². The van der Waals surface area contributed by atoms with E-state index < -0.39 is 10.0 Å². The molecule has 16 heavy (non-hydrogen) atoms. The van der Waals surface area contributed by atoms with Crippen LogP contribution < -0.4 is 0 Å². The van der Waals surface area contributed by atoms with Gasteiger partial charge in [0.15, 0.2) is 0 Å². The molecular formula is C12H25NO2S. The van der Waals surface area contributed by atoms with E-state index in [0.29, 0.717) is 11.8 Å². The van der Waals surface area contributed by atoms with Gasteiger partial charge in [0, 0.05) is 12.6 Å². The number of rotatable bonds is 6. The molecular weight excluding hydrogens is 222 g/mol. The second-order valence-corrected chi connectivity index (χ2v) is 8.03. The minimum absolute atomic E-state index is 0.105. The van der Waals surface area contributed by atoms with Crippen LogP contribution in [0.25, 0.3) is 0 Å². The van der Waals surface area contributed by atoms with Gasteiger partial charge in [-0.25, -0.2) is 8.42 Å². The molecule has 1 fully saturated rings. The molecule has 96 valence electrons. The van der Waals surface area contributed by atoms with E-state index in [1.807, 2.05) is 6.92 Å². The van der Waals surface area contributed by atoms with Gasteiger partial charge in [0.25, 0.3) is 0 Å². The summed E-state index contributed by atoms with van der Waals surface area (Å²) in [5.41, 5.74) is 0. The Labute approximate surface area is 100 Å². The molecule has 0 aromatic rings. The quantitative estimate of drug-likeness (QED) is 0.723. The highest BCUT2D eigenvalue weighted by atomic mass is 32.2. The number of hydrogen-bond donors (Lipinski definition) is 0. The van der Waals surface area contributed by atoms with Crippen molar-refractivity contribution in [1.82, 2.24) is 4.31 Å². The summed E-state index contributed by atoms with van der Waals surface area (Å²) in [5.74, 6) is 0.974. The summed E-state index contributed by atoms with van der Waals surface area (Å²) < 4.78 is 26.3. The molecule has 0 amide bonds. The molecule has 0 radical (unpaired) electrons. The van der Waals surface area contributed by atoms with Gasteiger partial charge in [-0.3, -0.25) is 0 Å². The van der Waals surface area contributed by atoms with Crippen molar-refractivity contribution in [3.8, 4) is 0 Å². The maximum atomic E-state index is 12.3. The second kappa shape index (κ2) is 5.05.